The molecule has 2 amide bonds. The molecule has 5 nitrogen and oxygen atoms in total. The van der Waals surface area contributed by atoms with Gasteiger partial charge in [-0.1, -0.05) is 47.8 Å². The Labute approximate surface area is 203 Å². The lowest BCUT2D eigenvalue weighted by Gasteiger charge is -2.31. The van der Waals surface area contributed by atoms with Gasteiger partial charge in [0, 0.05) is 17.1 Å². The monoisotopic (exact) mass is 518 g/mol. The van der Waals surface area contributed by atoms with E-state index in [0.717, 1.165) is 46.8 Å². The van der Waals surface area contributed by atoms with Crippen LogP contribution in [0.4, 0.5) is 4.39 Å². The van der Waals surface area contributed by atoms with Gasteiger partial charge in [-0.05, 0) is 74.1 Å². The third kappa shape index (κ3) is 6.79. The Morgan fingerprint density at radius 1 is 1.15 bits per heavy atom. The van der Waals surface area contributed by atoms with Gasteiger partial charge in [-0.25, -0.2) is 4.39 Å². The van der Waals surface area contributed by atoms with Crippen LogP contribution >= 0.6 is 15.9 Å². The predicted molar refractivity (Wildman–Crippen MR) is 131 cm³/mol. The Morgan fingerprint density at radius 3 is 2.33 bits per heavy atom. The van der Waals surface area contributed by atoms with Crippen LogP contribution in [0.25, 0.3) is 0 Å². The summed E-state index contributed by atoms with van der Waals surface area (Å²) in [5.74, 6) is -0.167. The molecule has 1 aliphatic carbocycles. The number of benzene rings is 2. The molecule has 7 heteroatoms. The van der Waals surface area contributed by atoms with Crippen LogP contribution < -0.4 is 10.1 Å². The molecule has 2 aromatic carbocycles. The lowest BCUT2D eigenvalue weighted by molar-refractivity contribution is -0.143. The van der Waals surface area contributed by atoms with Crippen molar-refractivity contribution < 1.29 is 18.7 Å². The van der Waals surface area contributed by atoms with Crippen LogP contribution in [-0.2, 0) is 16.1 Å². The Balaban J connectivity index is 1.77. The molecule has 0 spiro atoms. The molecule has 3 rings (SSSR count). The molecule has 33 heavy (non-hydrogen) atoms. The number of amides is 2. The van der Waals surface area contributed by atoms with Crippen LogP contribution in [0, 0.1) is 19.7 Å². The van der Waals surface area contributed by atoms with Gasteiger partial charge in [0.15, 0.2) is 6.61 Å². The van der Waals surface area contributed by atoms with Gasteiger partial charge in [0.05, 0.1) is 0 Å². The summed E-state index contributed by atoms with van der Waals surface area (Å²) >= 11 is 3.54. The number of aryl methyl sites for hydroxylation is 2. The Bertz CT molecular complexity index is 951. The fourth-order valence-electron chi connectivity index (χ4n) is 4.29. The SMILES string of the molecule is CC[C@@H](C(=O)NC1CCCC1)N(Cc1ccc(F)cc1)C(=O)COc1cc(C)c(Br)c(C)c1. The van der Waals surface area contributed by atoms with E-state index < -0.39 is 6.04 Å². The third-order valence-electron chi connectivity index (χ3n) is 6.13. The lowest BCUT2D eigenvalue weighted by atomic mass is 10.1. The molecule has 1 aliphatic rings. The van der Waals surface area contributed by atoms with Gasteiger partial charge in [0.1, 0.15) is 17.6 Å². The highest BCUT2D eigenvalue weighted by atomic mass is 79.9. The van der Waals surface area contributed by atoms with Crippen LogP contribution in [0.1, 0.15) is 55.7 Å². The summed E-state index contributed by atoms with van der Waals surface area (Å²) in [4.78, 5) is 28.0. The van der Waals surface area contributed by atoms with E-state index in [9.17, 15) is 14.0 Å². The average Bonchev–Trinajstić information content (AvgIpc) is 3.29. The predicted octanol–water partition coefficient (Wildman–Crippen LogP) is 5.45. The Kier molecular flexibility index (Phi) is 8.89. The quantitative estimate of drug-likeness (QED) is 0.480. The van der Waals surface area contributed by atoms with Crippen molar-refractivity contribution in [3.63, 3.8) is 0 Å². The first-order valence-corrected chi connectivity index (χ1v) is 12.3. The van der Waals surface area contributed by atoms with E-state index in [0.29, 0.717) is 12.2 Å². The second kappa shape index (κ2) is 11.6. The summed E-state index contributed by atoms with van der Waals surface area (Å²) in [6.07, 6.45) is 4.64. The zero-order valence-electron chi connectivity index (χ0n) is 19.5. The Hall–Kier alpha value is -2.41. The number of carbonyl (C=O) groups excluding carboxylic acids is 2. The fourth-order valence-corrected chi connectivity index (χ4v) is 4.52. The summed E-state index contributed by atoms with van der Waals surface area (Å²) in [5.41, 5.74) is 2.79. The molecule has 2 aromatic rings. The number of ether oxygens (including phenoxy) is 1. The van der Waals surface area contributed by atoms with Crippen molar-refractivity contribution in [2.75, 3.05) is 6.61 Å². The second-order valence-electron chi connectivity index (χ2n) is 8.72. The molecule has 1 saturated carbocycles. The summed E-state index contributed by atoms with van der Waals surface area (Å²) in [6.45, 7) is 5.85. The maximum absolute atomic E-state index is 13.4. The molecule has 1 fully saturated rings. The second-order valence-corrected chi connectivity index (χ2v) is 9.51. The number of carbonyl (C=O) groups is 2. The standard InChI is InChI=1S/C26H32BrFN2O3/c1-4-23(26(32)29-21-7-5-6-8-21)30(15-19-9-11-20(28)12-10-19)24(31)16-33-22-13-17(2)25(27)18(3)14-22/h9-14,21,23H,4-8,15-16H2,1-3H3,(H,29,32)/t23-/m0/s1. The van der Waals surface area contributed by atoms with Crippen LogP contribution in [0.2, 0.25) is 0 Å². The van der Waals surface area contributed by atoms with E-state index in [1.165, 1.54) is 12.1 Å². The number of hydrogen-bond donors (Lipinski definition) is 1. The summed E-state index contributed by atoms with van der Waals surface area (Å²) in [7, 11) is 0. The molecule has 0 aromatic heterocycles. The maximum Gasteiger partial charge on any atom is 0.261 e. The normalized spacial score (nSPS) is 14.7. The number of halogens is 2. The van der Waals surface area contributed by atoms with E-state index in [1.54, 1.807) is 17.0 Å². The fraction of sp³-hybridized carbons (Fsp3) is 0.462. The van der Waals surface area contributed by atoms with E-state index in [2.05, 4.69) is 21.2 Å². The minimum absolute atomic E-state index is 0.143. The first-order chi connectivity index (χ1) is 15.8. The smallest absolute Gasteiger partial charge is 0.261 e. The number of hydrogen-bond acceptors (Lipinski definition) is 3. The summed E-state index contributed by atoms with van der Waals surface area (Å²) in [5, 5.41) is 3.12. The van der Waals surface area contributed by atoms with Gasteiger partial charge >= 0.3 is 0 Å². The highest BCUT2D eigenvalue weighted by Crippen LogP contribution is 2.26. The molecule has 1 atom stereocenters. The third-order valence-corrected chi connectivity index (χ3v) is 7.38. The van der Waals surface area contributed by atoms with Gasteiger partial charge < -0.3 is 15.0 Å². The molecular formula is C26H32BrFN2O3. The minimum atomic E-state index is -0.625. The number of rotatable bonds is 9. The van der Waals surface area contributed by atoms with E-state index in [1.807, 2.05) is 32.9 Å². The van der Waals surface area contributed by atoms with Crippen LogP contribution in [0.15, 0.2) is 40.9 Å². The van der Waals surface area contributed by atoms with Crippen molar-refractivity contribution in [2.45, 2.75) is 71.5 Å². The minimum Gasteiger partial charge on any atom is -0.484 e. The molecule has 0 aliphatic heterocycles. The highest BCUT2D eigenvalue weighted by Gasteiger charge is 2.31. The van der Waals surface area contributed by atoms with Crippen molar-refractivity contribution in [1.29, 1.82) is 0 Å². The molecule has 0 radical (unpaired) electrons. The van der Waals surface area contributed by atoms with Crippen LogP contribution in [0.5, 0.6) is 5.75 Å². The zero-order valence-corrected chi connectivity index (χ0v) is 21.1. The molecule has 178 valence electrons. The molecule has 0 saturated heterocycles. The topological polar surface area (TPSA) is 58.6 Å². The van der Waals surface area contributed by atoms with Crippen LogP contribution in [-0.4, -0.2) is 35.4 Å². The first-order valence-electron chi connectivity index (χ1n) is 11.5. The molecular weight excluding hydrogens is 487 g/mol. The molecule has 0 heterocycles. The zero-order chi connectivity index (χ0) is 24.0. The largest absolute Gasteiger partial charge is 0.484 e. The van der Waals surface area contributed by atoms with Gasteiger partial charge in [0.2, 0.25) is 5.91 Å². The number of nitrogens with zero attached hydrogens (tertiary/aromatic N) is 1. The van der Waals surface area contributed by atoms with Crippen molar-refractivity contribution in [1.82, 2.24) is 10.2 Å². The number of nitrogens with one attached hydrogen (secondary N) is 1. The summed E-state index contributed by atoms with van der Waals surface area (Å²) in [6, 6.07) is 9.29. The van der Waals surface area contributed by atoms with E-state index in [-0.39, 0.29) is 36.8 Å². The molecule has 0 unspecified atom stereocenters. The maximum atomic E-state index is 13.4. The Morgan fingerprint density at radius 2 is 1.76 bits per heavy atom. The van der Waals surface area contributed by atoms with Crippen molar-refractivity contribution in [3.05, 3.63) is 63.4 Å². The van der Waals surface area contributed by atoms with Crippen LogP contribution in [0.3, 0.4) is 0 Å². The van der Waals surface area contributed by atoms with E-state index in [4.69, 9.17) is 4.74 Å². The van der Waals surface area contributed by atoms with Crippen molar-refractivity contribution in [3.8, 4) is 5.75 Å². The first kappa shape index (κ1) is 25.2. The van der Waals surface area contributed by atoms with Gasteiger partial charge in [-0.2, -0.15) is 0 Å². The molecule has 1 N–H and O–H groups in total. The van der Waals surface area contributed by atoms with E-state index >= 15 is 0 Å². The summed E-state index contributed by atoms with van der Waals surface area (Å²) < 4.78 is 20.2. The lowest BCUT2D eigenvalue weighted by Crippen LogP contribution is -2.52. The van der Waals surface area contributed by atoms with Gasteiger partial charge in [0.25, 0.3) is 5.91 Å². The van der Waals surface area contributed by atoms with Gasteiger partial charge in [-0.3, -0.25) is 9.59 Å². The molecule has 0 bridgehead atoms. The van der Waals surface area contributed by atoms with Crippen molar-refractivity contribution >= 4 is 27.7 Å². The van der Waals surface area contributed by atoms with Crippen molar-refractivity contribution in [2.24, 2.45) is 0 Å². The highest BCUT2D eigenvalue weighted by molar-refractivity contribution is 9.10. The average molecular weight is 519 g/mol. The van der Waals surface area contributed by atoms with Gasteiger partial charge in [-0.15, -0.1) is 0 Å².